The van der Waals surface area contributed by atoms with Gasteiger partial charge in [0.15, 0.2) is 0 Å². The summed E-state index contributed by atoms with van der Waals surface area (Å²) in [7, 11) is 0. The minimum absolute atomic E-state index is 0.0912. The second-order valence-electron chi connectivity index (χ2n) is 14.8. The summed E-state index contributed by atoms with van der Waals surface area (Å²) in [6, 6.07) is 0. The van der Waals surface area contributed by atoms with Crippen LogP contribution in [0.1, 0.15) is 113 Å². The zero-order chi connectivity index (χ0) is 23.4. The zero-order valence-corrected chi connectivity index (χ0v) is 22.0. The minimum Gasteiger partial charge on any atom is -0.393 e. The van der Waals surface area contributed by atoms with Gasteiger partial charge in [-0.15, -0.1) is 0 Å². The number of rotatable bonds is 4. The van der Waals surface area contributed by atoms with Crippen molar-refractivity contribution in [2.24, 2.45) is 50.7 Å². The van der Waals surface area contributed by atoms with Gasteiger partial charge in [0.1, 0.15) is 0 Å². The fraction of sp³-hybridized carbons (Fsp3) is 0.933. The van der Waals surface area contributed by atoms with Crippen molar-refractivity contribution in [2.45, 2.75) is 124 Å². The maximum atomic E-state index is 10.8. The lowest BCUT2D eigenvalue weighted by Gasteiger charge is -2.63. The van der Waals surface area contributed by atoms with Crippen LogP contribution in [0.25, 0.3) is 0 Å². The summed E-state index contributed by atoms with van der Waals surface area (Å²) in [6.45, 7) is 16.3. The van der Waals surface area contributed by atoms with E-state index in [-0.39, 0.29) is 11.5 Å². The molecule has 182 valence electrons. The molecule has 2 nitrogen and oxygen atoms in total. The van der Waals surface area contributed by atoms with Gasteiger partial charge in [0.05, 0.1) is 11.7 Å². The SMILES string of the molecule is C[C@H](CC=CC(C)(C)O)[C@H]1CC[C@@]2(C)[C@@H]3CC[C@@H]4C(C)(C)[C@@H](O)CC[C@@]45C[C@@]35CC[C@]12C. The number of hydrogen-bond donors (Lipinski definition) is 2. The van der Waals surface area contributed by atoms with Crippen molar-refractivity contribution in [3.05, 3.63) is 12.2 Å². The number of aliphatic hydroxyl groups is 2. The summed E-state index contributed by atoms with van der Waals surface area (Å²) in [5, 5.41) is 20.9. The molecular weight excluding hydrogens is 392 g/mol. The largest absolute Gasteiger partial charge is 0.393 e. The Balaban J connectivity index is 1.40. The highest BCUT2D eigenvalue weighted by molar-refractivity contribution is 5.30. The molecular formula is C30H50O2. The van der Waals surface area contributed by atoms with Crippen LogP contribution in [0.4, 0.5) is 0 Å². The number of fused-ring (bicyclic) bond motifs is 2. The van der Waals surface area contributed by atoms with Gasteiger partial charge in [0.25, 0.3) is 0 Å². The Labute approximate surface area is 197 Å². The molecule has 0 aromatic carbocycles. The third-order valence-electron chi connectivity index (χ3n) is 12.9. The lowest BCUT2D eigenvalue weighted by atomic mass is 9.42. The van der Waals surface area contributed by atoms with E-state index < -0.39 is 5.60 Å². The van der Waals surface area contributed by atoms with E-state index in [9.17, 15) is 10.2 Å². The molecule has 5 aliphatic carbocycles. The van der Waals surface area contributed by atoms with Crippen molar-refractivity contribution in [3.63, 3.8) is 0 Å². The monoisotopic (exact) mass is 442 g/mol. The predicted molar refractivity (Wildman–Crippen MR) is 132 cm³/mol. The van der Waals surface area contributed by atoms with E-state index >= 15 is 0 Å². The van der Waals surface area contributed by atoms with E-state index in [4.69, 9.17) is 0 Å². The van der Waals surface area contributed by atoms with Crippen LogP contribution in [0.15, 0.2) is 12.2 Å². The quantitative estimate of drug-likeness (QED) is 0.454. The number of allylic oxidation sites excluding steroid dienone is 1. The van der Waals surface area contributed by atoms with Crippen LogP contribution in [0.3, 0.4) is 0 Å². The normalized spacial score (nSPS) is 52.7. The van der Waals surface area contributed by atoms with Gasteiger partial charge in [-0.2, -0.15) is 0 Å². The van der Waals surface area contributed by atoms with E-state index in [1.54, 1.807) is 0 Å². The molecule has 2 spiro atoms. The van der Waals surface area contributed by atoms with Gasteiger partial charge in [-0.05, 0) is 129 Å². The summed E-state index contributed by atoms with van der Waals surface area (Å²) >= 11 is 0. The Kier molecular flexibility index (Phi) is 5.02. The fourth-order valence-corrected chi connectivity index (χ4v) is 11.0. The van der Waals surface area contributed by atoms with Crippen molar-refractivity contribution < 1.29 is 10.2 Å². The van der Waals surface area contributed by atoms with Crippen LogP contribution < -0.4 is 0 Å². The molecule has 0 amide bonds. The standard InChI is InChI=1S/C30H50O2/c1-20(9-8-14-25(2,3)32)21-12-15-28(7)23-11-10-22-26(4,5)24(31)13-16-29(22)19-30(23,29)18-17-27(21,28)6/h8,14,20-24,31-32H,9-13,15-19H2,1-7H3/t20-,21-,22-,23+,24+,27-,28+,29-,30+/m1/s1. The molecule has 0 bridgehead atoms. The van der Waals surface area contributed by atoms with Crippen LogP contribution >= 0.6 is 0 Å². The van der Waals surface area contributed by atoms with Gasteiger partial charge in [0.2, 0.25) is 0 Å². The molecule has 5 fully saturated rings. The number of aliphatic hydroxyl groups excluding tert-OH is 1. The Bertz CT molecular complexity index is 791. The Hall–Kier alpha value is -0.340. The second kappa shape index (κ2) is 6.87. The van der Waals surface area contributed by atoms with E-state index in [0.717, 1.165) is 30.6 Å². The minimum atomic E-state index is -0.703. The third-order valence-corrected chi connectivity index (χ3v) is 12.9. The van der Waals surface area contributed by atoms with Crippen molar-refractivity contribution in [1.82, 2.24) is 0 Å². The van der Waals surface area contributed by atoms with Crippen molar-refractivity contribution in [1.29, 1.82) is 0 Å². The molecule has 0 radical (unpaired) electrons. The summed E-state index contributed by atoms with van der Waals surface area (Å²) in [5.41, 5.74) is 1.44. The van der Waals surface area contributed by atoms with Crippen molar-refractivity contribution in [2.75, 3.05) is 0 Å². The lowest BCUT2D eigenvalue weighted by Crippen LogP contribution is -2.57. The molecule has 0 aliphatic heterocycles. The molecule has 5 aliphatic rings. The molecule has 0 aromatic heterocycles. The maximum absolute atomic E-state index is 10.8. The second-order valence-corrected chi connectivity index (χ2v) is 14.8. The first kappa shape index (κ1) is 23.4. The predicted octanol–water partition coefficient (Wildman–Crippen LogP) is 7.14. The topological polar surface area (TPSA) is 40.5 Å². The fourth-order valence-electron chi connectivity index (χ4n) is 11.0. The van der Waals surface area contributed by atoms with E-state index in [1.807, 2.05) is 19.9 Å². The summed E-state index contributed by atoms with van der Waals surface area (Å²) in [5.74, 6) is 3.10. The molecule has 0 heterocycles. The van der Waals surface area contributed by atoms with Crippen LogP contribution in [0, 0.1) is 50.7 Å². The Morgan fingerprint density at radius 1 is 0.875 bits per heavy atom. The molecule has 0 aromatic rings. The summed E-state index contributed by atoms with van der Waals surface area (Å²) < 4.78 is 0. The Morgan fingerprint density at radius 3 is 2.22 bits per heavy atom. The van der Waals surface area contributed by atoms with Gasteiger partial charge in [-0.1, -0.05) is 46.8 Å². The van der Waals surface area contributed by atoms with Crippen molar-refractivity contribution in [3.8, 4) is 0 Å². The van der Waals surface area contributed by atoms with Gasteiger partial charge in [0, 0.05) is 0 Å². The lowest BCUT2D eigenvalue weighted by molar-refractivity contribution is -0.161. The molecule has 32 heavy (non-hydrogen) atoms. The van der Waals surface area contributed by atoms with Gasteiger partial charge < -0.3 is 10.2 Å². The van der Waals surface area contributed by atoms with Crippen LogP contribution in [-0.4, -0.2) is 21.9 Å². The molecule has 5 rings (SSSR count). The first-order valence-corrected chi connectivity index (χ1v) is 13.8. The number of hydrogen-bond acceptors (Lipinski definition) is 2. The average Bonchev–Trinajstić information content (AvgIpc) is 3.27. The van der Waals surface area contributed by atoms with E-state index in [0.29, 0.717) is 27.6 Å². The highest BCUT2D eigenvalue weighted by atomic mass is 16.3. The highest BCUT2D eigenvalue weighted by Crippen LogP contribution is 2.89. The van der Waals surface area contributed by atoms with Gasteiger partial charge in [-0.3, -0.25) is 0 Å². The van der Waals surface area contributed by atoms with Crippen molar-refractivity contribution >= 4 is 0 Å². The van der Waals surface area contributed by atoms with Gasteiger partial charge >= 0.3 is 0 Å². The molecule has 0 unspecified atom stereocenters. The van der Waals surface area contributed by atoms with Crippen LogP contribution in [0.5, 0.6) is 0 Å². The zero-order valence-electron chi connectivity index (χ0n) is 22.0. The van der Waals surface area contributed by atoms with E-state index in [1.165, 1.54) is 51.4 Å². The summed E-state index contributed by atoms with van der Waals surface area (Å²) in [4.78, 5) is 0. The molecule has 2 N–H and O–H groups in total. The highest BCUT2D eigenvalue weighted by Gasteiger charge is 2.82. The molecule has 9 atom stereocenters. The molecule has 2 heteroatoms. The van der Waals surface area contributed by atoms with Crippen LogP contribution in [-0.2, 0) is 0 Å². The first-order valence-electron chi connectivity index (χ1n) is 13.8. The third kappa shape index (κ3) is 2.84. The molecule has 5 saturated carbocycles. The molecule has 0 saturated heterocycles. The van der Waals surface area contributed by atoms with Crippen LogP contribution in [0.2, 0.25) is 0 Å². The average molecular weight is 443 g/mol. The van der Waals surface area contributed by atoms with E-state index in [2.05, 4.69) is 40.7 Å². The van der Waals surface area contributed by atoms with Gasteiger partial charge in [-0.25, -0.2) is 0 Å². The summed E-state index contributed by atoms with van der Waals surface area (Å²) in [6.07, 6.45) is 17.4. The first-order chi connectivity index (χ1) is 14.7. The smallest absolute Gasteiger partial charge is 0.0771 e. The maximum Gasteiger partial charge on any atom is 0.0771 e. The Morgan fingerprint density at radius 2 is 1.53 bits per heavy atom.